The van der Waals surface area contributed by atoms with Crippen molar-refractivity contribution in [3.05, 3.63) is 59.2 Å². The molecule has 0 unspecified atom stereocenters. The standard InChI is InChI=1S/C17H18N6O2/c1-12-3-5-13(6-4-12)11-25-15-8-7-14(9-16(15)24-2)10-19-23-17(18)20-21-22-23/h3-10H,11H2,1-2H3,(H2,18,20,22)/b19-10-. The fraction of sp³-hybridized carbons (Fsp3) is 0.176. The maximum absolute atomic E-state index is 5.85. The van der Waals surface area contributed by atoms with Crippen molar-refractivity contribution in [2.24, 2.45) is 5.10 Å². The second kappa shape index (κ2) is 7.43. The average molecular weight is 338 g/mol. The summed E-state index contributed by atoms with van der Waals surface area (Å²) >= 11 is 0. The molecule has 8 nitrogen and oxygen atoms in total. The van der Waals surface area contributed by atoms with Gasteiger partial charge < -0.3 is 15.2 Å². The predicted molar refractivity (Wildman–Crippen MR) is 93.7 cm³/mol. The summed E-state index contributed by atoms with van der Waals surface area (Å²) in [6.45, 7) is 2.52. The van der Waals surface area contributed by atoms with Gasteiger partial charge in [0.2, 0.25) is 0 Å². The Hall–Kier alpha value is -3.42. The van der Waals surface area contributed by atoms with Gasteiger partial charge in [0.25, 0.3) is 5.95 Å². The third-order valence-corrected chi connectivity index (χ3v) is 3.50. The van der Waals surface area contributed by atoms with Crippen molar-refractivity contribution in [2.75, 3.05) is 12.8 Å². The number of aromatic nitrogens is 4. The lowest BCUT2D eigenvalue weighted by molar-refractivity contribution is 0.284. The van der Waals surface area contributed by atoms with Crippen molar-refractivity contribution in [1.29, 1.82) is 0 Å². The van der Waals surface area contributed by atoms with Crippen LogP contribution in [0.5, 0.6) is 11.5 Å². The smallest absolute Gasteiger partial charge is 0.263 e. The molecule has 0 aliphatic rings. The maximum Gasteiger partial charge on any atom is 0.263 e. The molecule has 0 aliphatic heterocycles. The Morgan fingerprint density at radius 1 is 1.16 bits per heavy atom. The van der Waals surface area contributed by atoms with Gasteiger partial charge in [-0.1, -0.05) is 39.7 Å². The Balaban J connectivity index is 1.72. The Morgan fingerprint density at radius 2 is 1.96 bits per heavy atom. The largest absolute Gasteiger partial charge is 0.493 e. The molecule has 0 saturated heterocycles. The third-order valence-electron chi connectivity index (χ3n) is 3.50. The third kappa shape index (κ3) is 4.11. The Labute approximate surface area is 144 Å². The Morgan fingerprint density at radius 3 is 2.64 bits per heavy atom. The molecule has 2 N–H and O–H groups in total. The van der Waals surface area contributed by atoms with Crippen molar-refractivity contribution in [2.45, 2.75) is 13.5 Å². The Bertz CT molecular complexity index is 873. The average Bonchev–Trinajstić information content (AvgIpc) is 3.04. The lowest BCUT2D eigenvalue weighted by Crippen LogP contribution is -2.00. The SMILES string of the molecule is COc1cc(/C=N\n2nnnc2N)ccc1OCc1ccc(C)cc1. The molecule has 25 heavy (non-hydrogen) atoms. The number of benzene rings is 2. The van der Waals surface area contributed by atoms with Crippen LogP contribution >= 0.6 is 0 Å². The van der Waals surface area contributed by atoms with Gasteiger partial charge in [0.1, 0.15) is 6.61 Å². The first-order valence-electron chi connectivity index (χ1n) is 7.60. The number of nitrogens with two attached hydrogens (primary N) is 1. The molecule has 8 heteroatoms. The highest BCUT2D eigenvalue weighted by atomic mass is 16.5. The molecule has 0 fully saturated rings. The fourth-order valence-electron chi connectivity index (χ4n) is 2.12. The molecule has 0 bridgehead atoms. The van der Waals surface area contributed by atoms with E-state index in [0.717, 1.165) is 15.9 Å². The van der Waals surface area contributed by atoms with E-state index in [-0.39, 0.29) is 5.95 Å². The van der Waals surface area contributed by atoms with Crippen molar-refractivity contribution >= 4 is 12.2 Å². The van der Waals surface area contributed by atoms with Crippen molar-refractivity contribution < 1.29 is 9.47 Å². The molecule has 0 spiro atoms. The van der Waals surface area contributed by atoms with Gasteiger partial charge in [-0.15, -0.1) is 0 Å². The van der Waals surface area contributed by atoms with Crippen LogP contribution in [0.4, 0.5) is 5.95 Å². The maximum atomic E-state index is 5.85. The molecule has 3 aromatic rings. The first-order chi connectivity index (χ1) is 12.2. The molecule has 1 aromatic heterocycles. The minimum absolute atomic E-state index is 0.112. The summed E-state index contributed by atoms with van der Waals surface area (Å²) in [5, 5.41) is 14.7. The van der Waals surface area contributed by atoms with E-state index in [1.807, 2.05) is 30.3 Å². The molecule has 0 aliphatic carbocycles. The lowest BCUT2D eigenvalue weighted by Gasteiger charge is -2.11. The number of anilines is 1. The van der Waals surface area contributed by atoms with E-state index < -0.39 is 0 Å². The first-order valence-corrected chi connectivity index (χ1v) is 7.60. The summed E-state index contributed by atoms with van der Waals surface area (Å²) in [5.74, 6) is 1.38. The minimum atomic E-state index is 0.112. The summed E-state index contributed by atoms with van der Waals surface area (Å²) in [7, 11) is 1.59. The minimum Gasteiger partial charge on any atom is -0.493 e. The lowest BCUT2D eigenvalue weighted by atomic mass is 10.2. The molecule has 128 valence electrons. The molecule has 3 rings (SSSR count). The zero-order valence-corrected chi connectivity index (χ0v) is 14.0. The molecule has 0 radical (unpaired) electrons. The van der Waals surface area contributed by atoms with Crippen molar-refractivity contribution in [3.63, 3.8) is 0 Å². The molecule has 0 saturated carbocycles. The molecule has 2 aromatic carbocycles. The van der Waals surface area contributed by atoms with Gasteiger partial charge in [-0.05, 0) is 46.7 Å². The van der Waals surface area contributed by atoms with Gasteiger partial charge >= 0.3 is 0 Å². The van der Waals surface area contributed by atoms with Crippen molar-refractivity contribution in [3.8, 4) is 11.5 Å². The highest BCUT2D eigenvalue weighted by Gasteiger charge is 2.06. The Kier molecular flexibility index (Phi) is 4.89. The summed E-state index contributed by atoms with van der Waals surface area (Å²) in [4.78, 5) is 1.13. The van der Waals surface area contributed by atoms with Crippen LogP contribution in [-0.4, -0.2) is 33.6 Å². The zero-order valence-electron chi connectivity index (χ0n) is 14.0. The number of methoxy groups -OCH3 is 1. The summed E-state index contributed by atoms with van der Waals surface area (Å²) < 4.78 is 11.2. The fourth-order valence-corrected chi connectivity index (χ4v) is 2.12. The van der Waals surface area contributed by atoms with E-state index >= 15 is 0 Å². The van der Waals surface area contributed by atoms with E-state index in [9.17, 15) is 0 Å². The quantitative estimate of drug-likeness (QED) is 0.690. The van der Waals surface area contributed by atoms with Crippen LogP contribution in [-0.2, 0) is 6.61 Å². The van der Waals surface area contributed by atoms with Crippen molar-refractivity contribution in [1.82, 2.24) is 20.3 Å². The van der Waals surface area contributed by atoms with Gasteiger partial charge in [-0.2, -0.15) is 5.10 Å². The normalized spacial score (nSPS) is 11.0. The molecular formula is C17H18N6O2. The second-order valence-corrected chi connectivity index (χ2v) is 5.36. The predicted octanol–water partition coefficient (Wildman–Crippen LogP) is 2.03. The van der Waals surface area contributed by atoms with E-state index in [2.05, 4.69) is 39.7 Å². The topological polar surface area (TPSA) is 100 Å². The highest BCUT2D eigenvalue weighted by molar-refractivity contribution is 5.80. The number of hydrogen-bond acceptors (Lipinski definition) is 7. The van der Waals surface area contributed by atoms with Crippen LogP contribution < -0.4 is 15.2 Å². The van der Waals surface area contributed by atoms with Gasteiger partial charge in [-0.3, -0.25) is 0 Å². The molecular weight excluding hydrogens is 320 g/mol. The number of ether oxygens (including phenoxy) is 2. The van der Waals surface area contributed by atoms with E-state index in [4.69, 9.17) is 15.2 Å². The van der Waals surface area contributed by atoms with Gasteiger partial charge in [0.05, 0.1) is 13.3 Å². The first kappa shape index (κ1) is 16.4. The second-order valence-electron chi connectivity index (χ2n) is 5.36. The number of aryl methyl sites for hydroxylation is 1. The van der Waals surface area contributed by atoms with Crippen LogP contribution in [0.1, 0.15) is 16.7 Å². The molecule has 0 amide bonds. The van der Waals surface area contributed by atoms with E-state index in [1.54, 1.807) is 13.3 Å². The highest BCUT2D eigenvalue weighted by Crippen LogP contribution is 2.28. The number of tetrazole rings is 1. The van der Waals surface area contributed by atoms with Gasteiger partial charge in [0, 0.05) is 0 Å². The monoisotopic (exact) mass is 338 g/mol. The van der Waals surface area contributed by atoms with Crippen LogP contribution in [0.25, 0.3) is 0 Å². The summed E-state index contributed by atoms with van der Waals surface area (Å²) in [5.41, 5.74) is 8.66. The van der Waals surface area contributed by atoms with Gasteiger partial charge in [-0.25, -0.2) is 0 Å². The van der Waals surface area contributed by atoms with Gasteiger partial charge in [0.15, 0.2) is 11.5 Å². The van der Waals surface area contributed by atoms with Crippen LogP contribution in [0.3, 0.4) is 0 Å². The number of rotatable bonds is 6. The number of hydrogen-bond donors (Lipinski definition) is 1. The summed E-state index contributed by atoms with van der Waals surface area (Å²) in [6.07, 6.45) is 1.58. The van der Waals surface area contributed by atoms with Crippen LogP contribution in [0, 0.1) is 6.92 Å². The van der Waals surface area contributed by atoms with Crippen LogP contribution in [0.2, 0.25) is 0 Å². The molecule has 0 atom stereocenters. The van der Waals surface area contributed by atoms with Crippen LogP contribution in [0.15, 0.2) is 47.6 Å². The summed E-state index contributed by atoms with van der Waals surface area (Å²) in [6, 6.07) is 13.7. The zero-order chi connectivity index (χ0) is 17.6. The van der Waals surface area contributed by atoms with E-state index in [1.165, 1.54) is 5.56 Å². The molecule has 1 heterocycles. The number of nitrogens with zero attached hydrogens (tertiary/aromatic N) is 5. The van der Waals surface area contributed by atoms with E-state index in [0.29, 0.717) is 18.1 Å². The number of nitrogen functional groups attached to an aromatic ring is 1.